The van der Waals surface area contributed by atoms with Crippen LogP contribution in [-0.4, -0.2) is 26.6 Å². The number of carbonyl (C=O) groups excluding carboxylic acids is 1. The zero-order chi connectivity index (χ0) is 21.8. The molecule has 0 bridgehead atoms. The number of hydrogen-bond acceptors (Lipinski definition) is 6. The fourth-order valence-corrected chi connectivity index (χ4v) is 4.29. The average molecular weight is 463 g/mol. The van der Waals surface area contributed by atoms with Gasteiger partial charge in [0, 0.05) is 18.7 Å². The number of ether oxygens (including phenoxy) is 1. The normalized spacial score (nSPS) is 15.3. The van der Waals surface area contributed by atoms with E-state index >= 15 is 0 Å². The summed E-state index contributed by atoms with van der Waals surface area (Å²) < 4.78 is 6.29. The Kier molecular flexibility index (Phi) is 7.12. The molecule has 3 rings (SSSR count). The molecule has 1 heterocycles. The van der Waals surface area contributed by atoms with Crippen LogP contribution in [0.3, 0.4) is 0 Å². The number of halogens is 1. The molecular formula is C21H19ClN2O4S2. The molecule has 1 aliphatic rings. The molecule has 1 amide bonds. The van der Waals surface area contributed by atoms with Crippen molar-refractivity contribution in [2.75, 3.05) is 6.54 Å². The van der Waals surface area contributed by atoms with Crippen LogP contribution in [0.15, 0.2) is 47.4 Å². The van der Waals surface area contributed by atoms with Gasteiger partial charge in [-0.05, 0) is 47.4 Å². The zero-order valence-electron chi connectivity index (χ0n) is 16.3. The van der Waals surface area contributed by atoms with E-state index in [1.54, 1.807) is 35.2 Å². The quantitative estimate of drug-likeness (QED) is 0.228. The number of nitro groups is 1. The molecule has 0 spiro atoms. The van der Waals surface area contributed by atoms with Crippen molar-refractivity contribution in [3.05, 3.63) is 73.6 Å². The highest BCUT2D eigenvalue weighted by atomic mass is 35.5. The highest BCUT2D eigenvalue weighted by Crippen LogP contribution is 2.34. The molecule has 1 aliphatic heterocycles. The monoisotopic (exact) mass is 462 g/mol. The summed E-state index contributed by atoms with van der Waals surface area (Å²) in [4.78, 5) is 25.0. The van der Waals surface area contributed by atoms with Gasteiger partial charge in [-0.25, -0.2) is 0 Å². The number of thioether (sulfide) groups is 1. The van der Waals surface area contributed by atoms with Crippen molar-refractivity contribution in [1.29, 1.82) is 0 Å². The molecule has 0 N–H and O–H groups in total. The van der Waals surface area contributed by atoms with E-state index in [2.05, 4.69) is 0 Å². The maximum absolute atomic E-state index is 12.6. The Morgan fingerprint density at radius 1 is 1.27 bits per heavy atom. The summed E-state index contributed by atoms with van der Waals surface area (Å²) in [7, 11) is 0. The summed E-state index contributed by atoms with van der Waals surface area (Å²) >= 11 is 12.9. The van der Waals surface area contributed by atoms with Crippen LogP contribution in [0.4, 0.5) is 5.69 Å². The van der Waals surface area contributed by atoms with Gasteiger partial charge in [-0.15, -0.1) is 0 Å². The topological polar surface area (TPSA) is 72.7 Å². The van der Waals surface area contributed by atoms with Crippen LogP contribution < -0.4 is 4.74 Å². The maximum atomic E-state index is 12.6. The van der Waals surface area contributed by atoms with Gasteiger partial charge in [0.15, 0.2) is 0 Å². The summed E-state index contributed by atoms with van der Waals surface area (Å²) in [6, 6.07) is 11.4. The van der Waals surface area contributed by atoms with Crippen LogP contribution in [0.5, 0.6) is 5.75 Å². The minimum absolute atomic E-state index is 0.0277. The van der Waals surface area contributed by atoms with E-state index in [1.807, 2.05) is 19.9 Å². The van der Waals surface area contributed by atoms with Crippen molar-refractivity contribution in [2.24, 2.45) is 5.92 Å². The molecule has 9 heteroatoms. The molecule has 1 fully saturated rings. The Balaban J connectivity index is 1.68. The predicted octanol–water partition coefficient (Wildman–Crippen LogP) is 5.68. The standard InChI is InChI=1S/C21H19ClN2O4S2/c1-13(2)11-23-20(25)19(30-21(23)29)10-15-5-8-18(17(22)9-15)28-12-14-3-6-16(7-4-14)24(26)27/h3-10,13H,11-12H2,1-2H3/b19-10-. The molecule has 0 aromatic heterocycles. The summed E-state index contributed by atoms with van der Waals surface area (Å²) in [5.74, 6) is 0.723. The molecule has 0 atom stereocenters. The van der Waals surface area contributed by atoms with Gasteiger partial charge in [-0.2, -0.15) is 0 Å². The van der Waals surface area contributed by atoms with E-state index in [9.17, 15) is 14.9 Å². The SMILES string of the molecule is CC(C)CN1C(=O)/C(=C/c2ccc(OCc3ccc([N+](=O)[O-])cc3)c(Cl)c2)SC1=S. The van der Waals surface area contributed by atoms with Gasteiger partial charge in [0.25, 0.3) is 11.6 Å². The fraction of sp³-hybridized carbons (Fsp3) is 0.238. The van der Waals surface area contributed by atoms with E-state index in [1.165, 1.54) is 23.9 Å². The first kappa shape index (κ1) is 22.3. The number of nitro benzene ring substituents is 1. The number of benzene rings is 2. The highest BCUT2D eigenvalue weighted by molar-refractivity contribution is 8.26. The number of nitrogens with zero attached hydrogens (tertiary/aromatic N) is 2. The minimum Gasteiger partial charge on any atom is -0.487 e. The van der Waals surface area contributed by atoms with Gasteiger partial charge < -0.3 is 4.74 Å². The van der Waals surface area contributed by atoms with E-state index in [0.29, 0.717) is 32.5 Å². The largest absolute Gasteiger partial charge is 0.487 e. The van der Waals surface area contributed by atoms with Gasteiger partial charge >= 0.3 is 0 Å². The molecule has 0 radical (unpaired) electrons. The molecule has 2 aromatic carbocycles. The molecule has 2 aromatic rings. The minimum atomic E-state index is -0.448. The summed E-state index contributed by atoms with van der Waals surface area (Å²) in [5.41, 5.74) is 1.59. The third kappa shape index (κ3) is 5.38. The highest BCUT2D eigenvalue weighted by Gasteiger charge is 2.32. The Bertz CT molecular complexity index is 1020. The fourth-order valence-electron chi connectivity index (χ4n) is 2.77. The Morgan fingerprint density at radius 2 is 1.97 bits per heavy atom. The summed E-state index contributed by atoms with van der Waals surface area (Å²) in [6.45, 7) is 4.90. The molecule has 6 nitrogen and oxygen atoms in total. The third-order valence-electron chi connectivity index (χ3n) is 4.22. The van der Waals surface area contributed by atoms with Gasteiger partial charge in [0.05, 0.1) is 14.9 Å². The lowest BCUT2D eigenvalue weighted by Crippen LogP contribution is -2.31. The van der Waals surface area contributed by atoms with Crippen molar-refractivity contribution in [3.63, 3.8) is 0 Å². The summed E-state index contributed by atoms with van der Waals surface area (Å²) in [5, 5.41) is 11.1. The van der Waals surface area contributed by atoms with Crippen LogP contribution in [0.2, 0.25) is 5.02 Å². The number of thiocarbonyl (C=S) groups is 1. The van der Waals surface area contributed by atoms with Crippen LogP contribution in [0, 0.1) is 16.0 Å². The number of hydrogen-bond donors (Lipinski definition) is 0. The number of non-ortho nitro benzene ring substituents is 1. The van der Waals surface area contributed by atoms with Crippen molar-refractivity contribution < 1.29 is 14.5 Å². The van der Waals surface area contributed by atoms with E-state index in [-0.39, 0.29) is 18.2 Å². The number of amides is 1. The lowest BCUT2D eigenvalue weighted by atomic mass is 10.2. The second-order valence-electron chi connectivity index (χ2n) is 7.09. The Morgan fingerprint density at radius 3 is 2.57 bits per heavy atom. The zero-order valence-corrected chi connectivity index (χ0v) is 18.7. The maximum Gasteiger partial charge on any atom is 0.269 e. The van der Waals surface area contributed by atoms with Gasteiger partial charge in [-0.3, -0.25) is 19.8 Å². The predicted molar refractivity (Wildman–Crippen MR) is 124 cm³/mol. The molecule has 0 unspecified atom stereocenters. The van der Waals surface area contributed by atoms with Crippen LogP contribution >= 0.6 is 35.6 Å². The molecule has 1 saturated heterocycles. The van der Waals surface area contributed by atoms with Crippen molar-refractivity contribution in [1.82, 2.24) is 4.90 Å². The van der Waals surface area contributed by atoms with Crippen molar-refractivity contribution in [2.45, 2.75) is 20.5 Å². The Labute approximate surface area is 189 Å². The van der Waals surface area contributed by atoms with E-state index in [0.717, 1.165) is 11.1 Å². The Hall–Kier alpha value is -2.42. The van der Waals surface area contributed by atoms with Crippen molar-refractivity contribution in [3.8, 4) is 5.75 Å². The van der Waals surface area contributed by atoms with Crippen LogP contribution in [-0.2, 0) is 11.4 Å². The first-order valence-electron chi connectivity index (χ1n) is 9.15. The molecule has 30 heavy (non-hydrogen) atoms. The van der Waals surface area contributed by atoms with Crippen LogP contribution in [0.25, 0.3) is 6.08 Å². The first-order chi connectivity index (χ1) is 14.2. The van der Waals surface area contributed by atoms with Gasteiger partial charge in [0.2, 0.25) is 0 Å². The second kappa shape index (κ2) is 9.59. The van der Waals surface area contributed by atoms with Gasteiger partial charge in [0.1, 0.15) is 16.7 Å². The molecular weight excluding hydrogens is 444 g/mol. The average Bonchev–Trinajstić information content (AvgIpc) is 2.94. The summed E-state index contributed by atoms with van der Waals surface area (Å²) in [6.07, 6.45) is 1.77. The van der Waals surface area contributed by atoms with E-state index in [4.69, 9.17) is 28.6 Å². The lowest BCUT2D eigenvalue weighted by Gasteiger charge is -2.16. The second-order valence-corrected chi connectivity index (χ2v) is 9.17. The molecule has 0 aliphatic carbocycles. The lowest BCUT2D eigenvalue weighted by molar-refractivity contribution is -0.384. The smallest absolute Gasteiger partial charge is 0.269 e. The third-order valence-corrected chi connectivity index (χ3v) is 5.89. The number of carbonyl (C=O) groups is 1. The molecule has 0 saturated carbocycles. The van der Waals surface area contributed by atoms with Crippen LogP contribution in [0.1, 0.15) is 25.0 Å². The first-order valence-corrected chi connectivity index (χ1v) is 10.8. The van der Waals surface area contributed by atoms with E-state index < -0.39 is 4.92 Å². The van der Waals surface area contributed by atoms with Crippen molar-refractivity contribution >= 4 is 57.6 Å². The van der Waals surface area contributed by atoms with Gasteiger partial charge in [-0.1, -0.05) is 55.5 Å². The number of rotatable bonds is 7. The molecule has 156 valence electrons.